The van der Waals surface area contributed by atoms with Crippen molar-refractivity contribution < 1.29 is 17.6 Å². The molecule has 0 aliphatic carbocycles. The van der Waals surface area contributed by atoms with Crippen molar-refractivity contribution in [1.29, 1.82) is 0 Å². The van der Waals surface area contributed by atoms with Crippen molar-refractivity contribution in [2.75, 3.05) is 11.9 Å². The van der Waals surface area contributed by atoms with Crippen LogP contribution in [0.5, 0.6) is 0 Å². The molecule has 1 fully saturated rings. The van der Waals surface area contributed by atoms with E-state index < -0.39 is 21.7 Å². The molecule has 5 nitrogen and oxygen atoms in total. The minimum atomic E-state index is -3.59. The lowest BCUT2D eigenvalue weighted by atomic mass is 10.0. The van der Waals surface area contributed by atoms with Crippen molar-refractivity contribution in [1.82, 2.24) is 4.31 Å². The molecule has 1 amide bonds. The van der Waals surface area contributed by atoms with E-state index in [0.717, 1.165) is 25.7 Å². The summed E-state index contributed by atoms with van der Waals surface area (Å²) in [6.45, 7) is 2.52. The number of carbonyl (C=O) groups excluding carboxylic acids is 1. The van der Waals surface area contributed by atoms with E-state index in [0.29, 0.717) is 6.54 Å². The third kappa shape index (κ3) is 4.20. The summed E-state index contributed by atoms with van der Waals surface area (Å²) in [5, 5.41) is 2.49. The Kier molecular flexibility index (Phi) is 5.92. The van der Waals surface area contributed by atoms with Crippen LogP contribution in [0.15, 0.2) is 53.4 Å². The molecule has 1 heterocycles. The third-order valence-corrected chi connectivity index (χ3v) is 6.86. The first-order chi connectivity index (χ1) is 12.9. The van der Waals surface area contributed by atoms with Crippen LogP contribution in [0.3, 0.4) is 0 Å². The lowest BCUT2D eigenvalue weighted by Crippen LogP contribution is -2.43. The molecule has 0 bridgehead atoms. The molecule has 0 aromatic heterocycles. The molecule has 1 atom stereocenters. The largest absolute Gasteiger partial charge is 0.319 e. The molecule has 3 rings (SSSR count). The van der Waals surface area contributed by atoms with E-state index in [4.69, 9.17) is 0 Å². The lowest BCUT2D eigenvalue weighted by molar-refractivity contribution is 0.102. The van der Waals surface area contributed by atoms with Crippen molar-refractivity contribution in [2.45, 2.75) is 43.5 Å². The van der Waals surface area contributed by atoms with Gasteiger partial charge in [-0.15, -0.1) is 0 Å². The zero-order valence-electron chi connectivity index (χ0n) is 15.2. The molecule has 144 valence electrons. The Hall–Kier alpha value is -2.25. The van der Waals surface area contributed by atoms with Crippen LogP contribution >= 0.6 is 0 Å². The summed E-state index contributed by atoms with van der Waals surface area (Å²) in [6, 6.07) is 11.7. The van der Waals surface area contributed by atoms with Crippen LogP contribution in [0, 0.1) is 5.82 Å². The van der Waals surface area contributed by atoms with Gasteiger partial charge in [-0.1, -0.05) is 25.5 Å². The highest BCUT2D eigenvalue weighted by atomic mass is 32.2. The average Bonchev–Trinajstić information content (AvgIpc) is 2.69. The van der Waals surface area contributed by atoms with Crippen molar-refractivity contribution in [3.05, 3.63) is 59.9 Å². The fraction of sp³-hybridized carbons (Fsp3) is 0.350. The van der Waals surface area contributed by atoms with E-state index in [1.807, 2.05) is 6.92 Å². The van der Waals surface area contributed by atoms with Gasteiger partial charge >= 0.3 is 0 Å². The first kappa shape index (κ1) is 19.5. The minimum Gasteiger partial charge on any atom is -0.319 e. The number of amides is 1. The molecular formula is C20H23FN2O3S. The Labute approximate surface area is 159 Å². The van der Waals surface area contributed by atoms with E-state index in [9.17, 15) is 17.6 Å². The molecule has 0 saturated carbocycles. The maximum Gasteiger partial charge on any atom is 0.255 e. The molecule has 0 radical (unpaired) electrons. The number of halogens is 1. The number of rotatable bonds is 5. The fourth-order valence-corrected chi connectivity index (χ4v) is 5.14. The number of benzene rings is 2. The monoisotopic (exact) mass is 390 g/mol. The molecule has 2 aromatic rings. The Morgan fingerprint density at radius 3 is 2.52 bits per heavy atom. The van der Waals surface area contributed by atoms with E-state index in [2.05, 4.69) is 5.32 Å². The molecule has 1 unspecified atom stereocenters. The van der Waals surface area contributed by atoms with Crippen LogP contribution < -0.4 is 5.32 Å². The van der Waals surface area contributed by atoms with E-state index in [1.165, 1.54) is 42.5 Å². The summed E-state index contributed by atoms with van der Waals surface area (Å²) in [5.41, 5.74) is 0.348. The van der Waals surface area contributed by atoms with Crippen molar-refractivity contribution >= 4 is 21.6 Å². The highest BCUT2D eigenvalue weighted by Crippen LogP contribution is 2.27. The fourth-order valence-electron chi connectivity index (χ4n) is 3.37. The molecular weight excluding hydrogens is 367 g/mol. The van der Waals surface area contributed by atoms with Crippen LogP contribution in [-0.4, -0.2) is 31.2 Å². The lowest BCUT2D eigenvalue weighted by Gasteiger charge is -2.34. The third-order valence-electron chi connectivity index (χ3n) is 4.89. The van der Waals surface area contributed by atoms with Gasteiger partial charge in [0.2, 0.25) is 10.0 Å². The van der Waals surface area contributed by atoms with Crippen molar-refractivity contribution in [3.63, 3.8) is 0 Å². The number of hydrogen-bond donors (Lipinski definition) is 1. The molecule has 1 aliphatic rings. The maximum absolute atomic E-state index is 13.7. The van der Waals surface area contributed by atoms with Crippen LogP contribution in [-0.2, 0) is 10.0 Å². The summed E-state index contributed by atoms with van der Waals surface area (Å²) in [6.07, 6.45) is 3.56. The standard InChI is InChI=1S/C20H23FN2O3S/c1-2-16-7-5-6-14-23(16)27(25,26)17-12-10-15(11-13-17)20(24)22-19-9-4-3-8-18(19)21/h3-4,8-13,16H,2,5-7,14H2,1H3,(H,22,24). The summed E-state index contributed by atoms with van der Waals surface area (Å²) >= 11 is 0. The van der Waals surface area contributed by atoms with Gasteiger partial charge in [-0.2, -0.15) is 4.31 Å². The Morgan fingerprint density at radius 2 is 1.85 bits per heavy atom. The molecule has 1 N–H and O–H groups in total. The van der Waals surface area contributed by atoms with Crippen LogP contribution in [0.2, 0.25) is 0 Å². The number of carbonyl (C=O) groups is 1. The summed E-state index contributed by atoms with van der Waals surface area (Å²) in [7, 11) is -3.59. The summed E-state index contributed by atoms with van der Waals surface area (Å²) < 4.78 is 41.1. The van der Waals surface area contributed by atoms with Gasteiger partial charge in [-0.05, 0) is 55.7 Å². The molecule has 2 aromatic carbocycles. The van der Waals surface area contributed by atoms with Gasteiger partial charge in [0.05, 0.1) is 10.6 Å². The van der Waals surface area contributed by atoms with E-state index in [-0.39, 0.29) is 22.2 Å². The van der Waals surface area contributed by atoms with Crippen LogP contribution in [0.1, 0.15) is 43.0 Å². The second-order valence-electron chi connectivity index (χ2n) is 6.63. The average molecular weight is 390 g/mol. The first-order valence-corrected chi connectivity index (χ1v) is 10.5. The molecule has 1 saturated heterocycles. The number of sulfonamides is 1. The van der Waals surface area contributed by atoms with E-state index >= 15 is 0 Å². The second kappa shape index (κ2) is 8.19. The molecule has 0 spiro atoms. The number of hydrogen-bond acceptors (Lipinski definition) is 3. The van der Waals surface area contributed by atoms with Gasteiger partial charge in [0, 0.05) is 18.2 Å². The van der Waals surface area contributed by atoms with Gasteiger partial charge in [-0.25, -0.2) is 12.8 Å². The van der Waals surface area contributed by atoms with Gasteiger partial charge in [0.1, 0.15) is 5.82 Å². The Morgan fingerprint density at radius 1 is 1.15 bits per heavy atom. The van der Waals surface area contributed by atoms with E-state index in [1.54, 1.807) is 10.4 Å². The SMILES string of the molecule is CCC1CCCCN1S(=O)(=O)c1ccc(C(=O)Nc2ccccc2F)cc1. The molecule has 7 heteroatoms. The van der Waals surface area contributed by atoms with Crippen LogP contribution in [0.25, 0.3) is 0 Å². The van der Waals surface area contributed by atoms with Crippen molar-refractivity contribution in [3.8, 4) is 0 Å². The van der Waals surface area contributed by atoms with Crippen LogP contribution in [0.4, 0.5) is 10.1 Å². The van der Waals surface area contributed by atoms with Gasteiger partial charge in [0.15, 0.2) is 0 Å². The predicted octanol–water partition coefficient (Wildman–Crippen LogP) is 4.03. The Balaban J connectivity index is 1.78. The summed E-state index contributed by atoms with van der Waals surface area (Å²) in [4.78, 5) is 12.5. The first-order valence-electron chi connectivity index (χ1n) is 9.11. The Bertz CT molecular complexity index is 913. The summed E-state index contributed by atoms with van der Waals surface area (Å²) in [5.74, 6) is -1.02. The second-order valence-corrected chi connectivity index (χ2v) is 8.52. The smallest absolute Gasteiger partial charge is 0.255 e. The quantitative estimate of drug-likeness (QED) is 0.838. The van der Waals surface area contributed by atoms with Crippen molar-refractivity contribution in [2.24, 2.45) is 0 Å². The zero-order valence-corrected chi connectivity index (χ0v) is 16.0. The highest BCUT2D eigenvalue weighted by Gasteiger charge is 2.32. The number of nitrogens with zero attached hydrogens (tertiary/aromatic N) is 1. The molecule has 27 heavy (non-hydrogen) atoms. The van der Waals surface area contributed by atoms with Gasteiger partial charge in [-0.3, -0.25) is 4.79 Å². The number of anilines is 1. The topological polar surface area (TPSA) is 66.5 Å². The van der Waals surface area contributed by atoms with Gasteiger partial charge in [0.25, 0.3) is 5.91 Å². The number of para-hydroxylation sites is 1. The highest BCUT2D eigenvalue weighted by molar-refractivity contribution is 7.89. The number of nitrogens with one attached hydrogen (secondary N) is 1. The maximum atomic E-state index is 13.7. The predicted molar refractivity (Wildman–Crippen MR) is 103 cm³/mol. The molecule has 1 aliphatic heterocycles. The minimum absolute atomic E-state index is 0.0211. The number of piperidine rings is 1. The normalized spacial score (nSPS) is 18.2. The zero-order chi connectivity index (χ0) is 19.4. The van der Waals surface area contributed by atoms with Gasteiger partial charge < -0.3 is 5.32 Å².